The Hall–Kier alpha value is -1.64. The normalized spacial score (nSPS) is 15.6. The van der Waals surface area contributed by atoms with Gasteiger partial charge in [0.2, 0.25) is 10.0 Å². The van der Waals surface area contributed by atoms with Crippen LogP contribution in [0.5, 0.6) is 5.75 Å². The molecule has 1 heterocycles. The Bertz CT molecular complexity index is 638. The van der Waals surface area contributed by atoms with Crippen molar-refractivity contribution in [2.24, 2.45) is 0 Å². The van der Waals surface area contributed by atoms with E-state index in [4.69, 9.17) is 9.47 Å². The molecule has 0 atom stereocenters. The summed E-state index contributed by atoms with van der Waals surface area (Å²) >= 11 is 0. The molecule has 1 N–H and O–H groups in total. The second-order valence-corrected chi connectivity index (χ2v) is 7.71. The van der Waals surface area contributed by atoms with E-state index in [1.807, 2.05) is 4.90 Å². The highest BCUT2D eigenvalue weighted by molar-refractivity contribution is 7.89. The molecule has 0 spiro atoms. The SMILES string of the molecule is COCCNS(=O)(=O)c1ccc(OCC(=O)N2CCCCCC2)cc1. The van der Waals surface area contributed by atoms with E-state index in [9.17, 15) is 13.2 Å². The molecule has 0 aromatic heterocycles. The summed E-state index contributed by atoms with van der Waals surface area (Å²) in [6.45, 7) is 2.05. The van der Waals surface area contributed by atoms with Crippen molar-refractivity contribution in [3.05, 3.63) is 24.3 Å². The smallest absolute Gasteiger partial charge is 0.260 e. The van der Waals surface area contributed by atoms with Crippen molar-refractivity contribution >= 4 is 15.9 Å². The average molecular weight is 370 g/mol. The highest BCUT2D eigenvalue weighted by Crippen LogP contribution is 2.16. The van der Waals surface area contributed by atoms with Gasteiger partial charge in [0.05, 0.1) is 11.5 Å². The lowest BCUT2D eigenvalue weighted by Crippen LogP contribution is -2.35. The van der Waals surface area contributed by atoms with Crippen molar-refractivity contribution in [3.8, 4) is 5.75 Å². The van der Waals surface area contributed by atoms with Crippen molar-refractivity contribution in [2.45, 2.75) is 30.6 Å². The lowest BCUT2D eigenvalue weighted by atomic mass is 10.2. The van der Waals surface area contributed by atoms with Crippen molar-refractivity contribution in [2.75, 3.05) is 40.0 Å². The van der Waals surface area contributed by atoms with Gasteiger partial charge in [-0.2, -0.15) is 0 Å². The molecule has 1 fully saturated rings. The Balaban J connectivity index is 1.86. The van der Waals surface area contributed by atoms with Crippen LogP contribution in [0.2, 0.25) is 0 Å². The van der Waals surface area contributed by atoms with Crippen LogP contribution in [0.25, 0.3) is 0 Å². The van der Waals surface area contributed by atoms with Crippen LogP contribution in [0.3, 0.4) is 0 Å². The number of amides is 1. The Morgan fingerprint density at radius 2 is 1.76 bits per heavy atom. The van der Waals surface area contributed by atoms with Gasteiger partial charge in [-0.1, -0.05) is 12.8 Å². The van der Waals surface area contributed by atoms with E-state index in [1.54, 1.807) is 12.1 Å². The first-order valence-electron chi connectivity index (χ1n) is 8.52. The minimum atomic E-state index is -3.56. The number of hydrogen-bond acceptors (Lipinski definition) is 5. The molecule has 0 unspecified atom stereocenters. The number of benzene rings is 1. The first-order valence-corrected chi connectivity index (χ1v) is 10.0. The van der Waals surface area contributed by atoms with Crippen molar-refractivity contribution in [3.63, 3.8) is 0 Å². The van der Waals surface area contributed by atoms with E-state index < -0.39 is 10.0 Å². The number of nitrogens with one attached hydrogen (secondary N) is 1. The van der Waals surface area contributed by atoms with E-state index in [0.29, 0.717) is 12.4 Å². The van der Waals surface area contributed by atoms with Crippen LogP contribution in [0.1, 0.15) is 25.7 Å². The van der Waals surface area contributed by atoms with Gasteiger partial charge in [-0.15, -0.1) is 0 Å². The molecule has 0 bridgehead atoms. The Labute approximate surface area is 149 Å². The predicted molar refractivity (Wildman–Crippen MR) is 94.0 cm³/mol. The van der Waals surface area contributed by atoms with Crippen LogP contribution < -0.4 is 9.46 Å². The molecule has 0 aliphatic carbocycles. The first-order chi connectivity index (χ1) is 12.0. The standard InChI is InChI=1S/C17H26N2O5S/c1-23-13-10-18-25(21,22)16-8-6-15(7-9-16)24-14-17(20)19-11-4-2-3-5-12-19/h6-9,18H,2-5,10-14H2,1H3. The van der Waals surface area contributed by atoms with Gasteiger partial charge in [0, 0.05) is 26.7 Å². The van der Waals surface area contributed by atoms with E-state index >= 15 is 0 Å². The quantitative estimate of drug-likeness (QED) is 0.699. The topological polar surface area (TPSA) is 84.9 Å². The van der Waals surface area contributed by atoms with Crippen LogP contribution >= 0.6 is 0 Å². The first kappa shape index (κ1) is 19.7. The molecule has 8 heteroatoms. The summed E-state index contributed by atoms with van der Waals surface area (Å²) in [5.41, 5.74) is 0. The molecule has 1 aliphatic heterocycles. The summed E-state index contributed by atoms with van der Waals surface area (Å²) in [6.07, 6.45) is 4.40. The van der Waals surface area contributed by atoms with E-state index in [1.165, 1.54) is 32.1 Å². The number of methoxy groups -OCH3 is 1. The second-order valence-electron chi connectivity index (χ2n) is 5.95. The van der Waals surface area contributed by atoms with E-state index in [-0.39, 0.29) is 24.0 Å². The number of hydrogen-bond donors (Lipinski definition) is 1. The average Bonchev–Trinajstić information content (AvgIpc) is 2.89. The third-order valence-electron chi connectivity index (χ3n) is 4.05. The minimum Gasteiger partial charge on any atom is -0.484 e. The molecule has 0 saturated carbocycles. The molecule has 2 rings (SSSR count). The summed E-state index contributed by atoms with van der Waals surface area (Å²) in [6, 6.07) is 6.03. The van der Waals surface area contributed by atoms with Crippen molar-refractivity contribution in [1.29, 1.82) is 0 Å². The molecule has 1 aliphatic rings. The zero-order chi connectivity index (χ0) is 18.1. The zero-order valence-electron chi connectivity index (χ0n) is 14.6. The fourth-order valence-electron chi connectivity index (χ4n) is 2.63. The third-order valence-corrected chi connectivity index (χ3v) is 5.53. The largest absolute Gasteiger partial charge is 0.484 e. The fraction of sp³-hybridized carbons (Fsp3) is 0.588. The maximum Gasteiger partial charge on any atom is 0.260 e. The molecule has 1 aromatic carbocycles. The number of carbonyl (C=O) groups excluding carboxylic acids is 1. The van der Waals surface area contributed by atoms with Crippen LogP contribution in [0, 0.1) is 0 Å². The molecule has 1 amide bonds. The Morgan fingerprint density at radius 1 is 1.12 bits per heavy atom. The van der Waals surface area contributed by atoms with Crippen LogP contribution in [-0.2, 0) is 19.6 Å². The molecule has 1 saturated heterocycles. The van der Waals surface area contributed by atoms with Gasteiger partial charge in [-0.3, -0.25) is 4.79 Å². The van der Waals surface area contributed by atoms with Crippen LogP contribution in [0.15, 0.2) is 29.2 Å². The summed E-state index contributed by atoms with van der Waals surface area (Å²) in [5.74, 6) is 0.443. The van der Waals surface area contributed by atoms with Gasteiger partial charge in [0.1, 0.15) is 5.75 Å². The van der Waals surface area contributed by atoms with Crippen LogP contribution in [0.4, 0.5) is 0 Å². The number of carbonyl (C=O) groups is 1. The Kier molecular flexibility index (Phi) is 7.67. The Morgan fingerprint density at radius 3 is 2.36 bits per heavy atom. The summed E-state index contributed by atoms with van der Waals surface area (Å²) in [4.78, 5) is 14.2. The van der Waals surface area contributed by atoms with Gasteiger partial charge in [0.25, 0.3) is 5.91 Å². The molecule has 1 aromatic rings. The molecule has 25 heavy (non-hydrogen) atoms. The maximum atomic E-state index is 12.2. The second kappa shape index (κ2) is 9.74. The molecular formula is C17H26N2O5S. The van der Waals surface area contributed by atoms with Gasteiger partial charge < -0.3 is 14.4 Å². The number of likely N-dealkylation sites (tertiary alicyclic amines) is 1. The maximum absolute atomic E-state index is 12.2. The molecule has 7 nitrogen and oxygen atoms in total. The van der Waals surface area contributed by atoms with Gasteiger partial charge in [-0.05, 0) is 37.1 Å². The van der Waals surface area contributed by atoms with Gasteiger partial charge in [-0.25, -0.2) is 13.1 Å². The molecule has 140 valence electrons. The van der Waals surface area contributed by atoms with Crippen molar-refractivity contribution in [1.82, 2.24) is 9.62 Å². The third kappa shape index (κ3) is 6.30. The van der Waals surface area contributed by atoms with E-state index in [0.717, 1.165) is 25.9 Å². The minimum absolute atomic E-state index is 0.0279. The number of sulfonamides is 1. The van der Waals surface area contributed by atoms with Gasteiger partial charge in [0.15, 0.2) is 6.61 Å². The monoisotopic (exact) mass is 370 g/mol. The highest BCUT2D eigenvalue weighted by atomic mass is 32.2. The van der Waals surface area contributed by atoms with E-state index in [2.05, 4.69) is 4.72 Å². The number of rotatable bonds is 8. The lowest BCUT2D eigenvalue weighted by molar-refractivity contribution is -0.133. The predicted octanol–water partition coefficient (Wildman–Crippen LogP) is 1.39. The summed E-state index contributed by atoms with van der Waals surface area (Å²) in [7, 11) is -2.06. The van der Waals surface area contributed by atoms with Gasteiger partial charge >= 0.3 is 0 Å². The zero-order valence-corrected chi connectivity index (χ0v) is 15.4. The fourth-order valence-corrected chi connectivity index (χ4v) is 3.65. The lowest BCUT2D eigenvalue weighted by Gasteiger charge is -2.20. The summed E-state index contributed by atoms with van der Waals surface area (Å²) in [5, 5.41) is 0. The van der Waals surface area contributed by atoms with Crippen LogP contribution in [-0.4, -0.2) is 59.2 Å². The number of nitrogens with zero attached hydrogens (tertiary/aromatic N) is 1. The highest BCUT2D eigenvalue weighted by Gasteiger charge is 2.16. The summed E-state index contributed by atoms with van der Waals surface area (Å²) < 4.78 is 36.9. The van der Waals surface area contributed by atoms with Crippen molar-refractivity contribution < 1.29 is 22.7 Å². The number of ether oxygens (including phenoxy) is 2. The molecule has 0 radical (unpaired) electrons. The molecular weight excluding hydrogens is 344 g/mol.